The van der Waals surface area contributed by atoms with Gasteiger partial charge in [0.05, 0.1) is 0 Å². The lowest BCUT2D eigenvalue weighted by atomic mass is 10.0. The van der Waals surface area contributed by atoms with Gasteiger partial charge in [-0.15, -0.1) is 12.4 Å². The first-order valence-corrected chi connectivity index (χ1v) is 7.11. The molecule has 0 radical (unpaired) electrons. The number of thioether (sulfide) groups is 1. The highest BCUT2D eigenvalue weighted by atomic mass is 35.5. The summed E-state index contributed by atoms with van der Waals surface area (Å²) in [6.07, 6.45) is 2.36. The minimum Gasteiger partial charge on any atom is -0.353 e. The third-order valence-electron chi connectivity index (χ3n) is 2.46. The lowest BCUT2D eigenvalue weighted by Gasteiger charge is -2.15. The van der Waals surface area contributed by atoms with E-state index in [2.05, 4.69) is 5.32 Å². The third-order valence-corrected chi connectivity index (χ3v) is 3.29. The Kier molecular flexibility index (Phi) is 8.89. The highest BCUT2D eigenvalue weighted by Gasteiger charge is 2.12. The Hall–Kier alpha value is -0.710. The fourth-order valence-electron chi connectivity index (χ4n) is 1.64. The highest BCUT2D eigenvalue weighted by molar-refractivity contribution is 7.98. The van der Waals surface area contributed by atoms with Gasteiger partial charge in [0.2, 0.25) is 5.91 Å². The molecule has 0 aliphatic carbocycles. The van der Waals surface area contributed by atoms with Gasteiger partial charge in [0, 0.05) is 24.3 Å². The van der Waals surface area contributed by atoms with Crippen LogP contribution in [0.4, 0.5) is 0 Å². The van der Waals surface area contributed by atoms with Gasteiger partial charge in [-0.1, -0.05) is 30.3 Å². The number of halogens is 1. The molecule has 0 saturated carbocycles. The quantitative estimate of drug-likeness (QED) is 0.845. The van der Waals surface area contributed by atoms with Gasteiger partial charge in [-0.05, 0) is 18.7 Å². The second-order valence-electron chi connectivity index (χ2n) is 4.15. The van der Waals surface area contributed by atoms with E-state index in [0.717, 1.165) is 11.3 Å². The Morgan fingerprint density at radius 2 is 2.00 bits per heavy atom. The van der Waals surface area contributed by atoms with Crippen molar-refractivity contribution in [1.29, 1.82) is 0 Å². The first-order chi connectivity index (χ1) is 8.13. The average molecular weight is 289 g/mol. The third kappa shape index (κ3) is 6.28. The van der Waals surface area contributed by atoms with Crippen molar-refractivity contribution >= 4 is 30.1 Å². The first-order valence-electron chi connectivity index (χ1n) is 5.72. The number of nitrogens with one attached hydrogen (secondary N) is 1. The molecule has 0 aromatic heterocycles. The van der Waals surface area contributed by atoms with Crippen molar-refractivity contribution in [3.05, 3.63) is 35.9 Å². The van der Waals surface area contributed by atoms with E-state index in [9.17, 15) is 4.79 Å². The number of benzene rings is 1. The van der Waals surface area contributed by atoms with E-state index in [1.165, 1.54) is 0 Å². The van der Waals surface area contributed by atoms with Crippen molar-refractivity contribution < 1.29 is 4.79 Å². The summed E-state index contributed by atoms with van der Waals surface area (Å²) in [5, 5.41) is 2.94. The number of carbonyl (C=O) groups is 1. The molecule has 102 valence electrons. The number of hydrogen-bond acceptors (Lipinski definition) is 3. The molecular weight excluding hydrogens is 268 g/mol. The first kappa shape index (κ1) is 17.3. The van der Waals surface area contributed by atoms with Crippen LogP contribution in [0.1, 0.15) is 24.9 Å². The minimum atomic E-state index is -0.224. The minimum absolute atomic E-state index is 0. The van der Waals surface area contributed by atoms with Crippen LogP contribution < -0.4 is 11.1 Å². The summed E-state index contributed by atoms with van der Waals surface area (Å²) >= 11 is 1.72. The van der Waals surface area contributed by atoms with Crippen LogP contribution in [0.15, 0.2) is 30.3 Å². The standard InChI is InChI=1S/C13H20N2OS.ClH/c1-10(9-17-2)15-13(16)8-12(14)11-6-4-3-5-7-11;/h3-7,10,12H,8-9,14H2,1-2H3,(H,15,16);1H. The molecule has 0 heterocycles. The Labute approximate surface area is 119 Å². The smallest absolute Gasteiger partial charge is 0.222 e. The normalized spacial score (nSPS) is 13.3. The monoisotopic (exact) mass is 288 g/mol. The van der Waals surface area contributed by atoms with Gasteiger partial charge in [-0.3, -0.25) is 4.79 Å². The molecule has 3 N–H and O–H groups in total. The summed E-state index contributed by atoms with van der Waals surface area (Å²) in [6, 6.07) is 9.68. The summed E-state index contributed by atoms with van der Waals surface area (Å²) in [4.78, 5) is 11.7. The summed E-state index contributed by atoms with van der Waals surface area (Å²) in [7, 11) is 0. The molecule has 1 amide bonds. The van der Waals surface area contributed by atoms with Crippen LogP contribution in [-0.4, -0.2) is 24.0 Å². The van der Waals surface area contributed by atoms with Crippen LogP contribution in [0, 0.1) is 0 Å². The van der Waals surface area contributed by atoms with Crippen molar-refractivity contribution in [2.24, 2.45) is 5.73 Å². The van der Waals surface area contributed by atoms with E-state index in [-0.39, 0.29) is 30.4 Å². The van der Waals surface area contributed by atoms with Gasteiger partial charge in [-0.2, -0.15) is 11.8 Å². The predicted octanol–water partition coefficient (Wildman–Crippen LogP) is 2.37. The number of nitrogens with two attached hydrogens (primary N) is 1. The molecular formula is C13H21ClN2OS. The molecule has 3 nitrogen and oxygen atoms in total. The molecule has 18 heavy (non-hydrogen) atoms. The molecule has 2 unspecified atom stereocenters. The molecule has 1 aromatic rings. The summed E-state index contributed by atoms with van der Waals surface area (Å²) in [6.45, 7) is 2.00. The maximum atomic E-state index is 11.7. The van der Waals surface area contributed by atoms with E-state index in [0.29, 0.717) is 6.42 Å². The van der Waals surface area contributed by atoms with Gasteiger partial charge in [0.1, 0.15) is 0 Å². The van der Waals surface area contributed by atoms with Crippen LogP contribution in [0.2, 0.25) is 0 Å². The molecule has 1 rings (SSSR count). The SMILES string of the molecule is CSCC(C)NC(=O)CC(N)c1ccccc1.Cl. The highest BCUT2D eigenvalue weighted by Crippen LogP contribution is 2.13. The molecule has 0 aliphatic rings. The summed E-state index contributed by atoms with van der Waals surface area (Å²) < 4.78 is 0. The zero-order chi connectivity index (χ0) is 12.7. The average Bonchev–Trinajstić information content (AvgIpc) is 2.30. The van der Waals surface area contributed by atoms with Crippen molar-refractivity contribution in [3.63, 3.8) is 0 Å². The number of amides is 1. The van der Waals surface area contributed by atoms with E-state index >= 15 is 0 Å². The fraction of sp³-hybridized carbons (Fsp3) is 0.462. The second kappa shape index (κ2) is 9.25. The van der Waals surface area contributed by atoms with Crippen LogP contribution in [0.25, 0.3) is 0 Å². The van der Waals surface area contributed by atoms with Gasteiger partial charge in [0.25, 0.3) is 0 Å². The Bertz CT molecular complexity index is 348. The van der Waals surface area contributed by atoms with Crippen LogP contribution in [0.3, 0.4) is 0 Å². The number of rotatable bonds is 6. The van der Waals surface area contributed by atoms with Crippen molar-refractivity contribution in [1.82, 2.24) is 5.32 Å². The Morgan fingerprint density at radius 1 is 1.39 bits per heavy atom. The lowest BCUT2D eigenvalue weighted by molar-refractivity contribution is -0.121. The molecule has 5 heteroatoms. The van der Waals surface area contributed by atoms with Gasteiger partial charge >= 0.3 is 0 Å². The van der Waals surface area contributed by atoms with Gasteiger partial charge in [-0.25, -0.2) is 0 Å². The summed E-state index contributed by atoms with van der Waals surface area (Å²) in [5.41, 5.74) is 6.98. The number of hydrogen-bond donors (Lipinski definition) is 2. The van der Waals surface area contributed by atoms with E-state index in [1.807, 2.05) is 43.5 Å². The maximum absolute atomic E-state index is 11.7. The molecule has 0 saturated heterocycles. The van der Waals surface area contributed by atoms with Gasteiger partial charge in [0.15, 0.2) is 0 Å². The molecule has 0 fully saturated rings. The molecule has 0 spiro atoms. The molecule has 0 bridgehead atoms. The van der Waals surface area contributed by atoms with E-state index in [1.54, 1.807) is 11.8 Å². The van der Waals surface area contributed by atoms with Crippen molar-refractivity contribution in [3.8, 4) is 0 Å². The predicted molar refractivity (Wildman–Crippen MR) is 81.2 cm³/mol. The zero-order valence-electron chi connectivity index (χ0n) is 10.8. The Morgan fingerprint density at radius 3 is 2.56 bits per heavy atom. The van der Waals surface area contributed by atoms with Crippen LogP contribution >= 0.6 is 24.2 Å². The molecule has 0 aliphatic heterocycles. The second-order valence-corrected chi connectivity index (χ2v) is 5.06. The van der Waals surface area contributed by atoms with E-state index < -0.39 is 0 Å². The Balaban J connectivity index is 0.00000289. The van der Waals surface area contributed by atoms with Gasteiger partial charge < -0.3 is 11.1 Å². The number of carbonyl (C=O) groups excluding carboxylic acids is 1. The van der Waals surface area contributed by atoms with Crippen LogP contribution in [-0.2, 0) is 4.79 Å². The van der Waals surface area contributed by atoms with Crippen molar-refractivity contribution in [2.75, 3.05) is 12.0 Å². The van der Waals surface area contributed by atoms with Crippen LogP contribution in [0.5, 0.6) is 0 Å². The van der Waals surface area contributed by atoms with E-state index in [4.69, 9.17) is 5.73 Å². The molecule has 1 aromatic carbocycles. The molecule has 2 atom stereocenters. The fourth-order valence-corrected chi connectivity index (χ4v) is 2.23. The topological polar surface area (TPSA) is 55.1 Å². The lowest BCUT2D eigenvalue weighted by Crippen LogP contribution is -2.35. The zero-order valence-corrected chi connectivity index (χ0v) is 12.4. The largest absolute Gasteiger partial charge is 0.353 e. The van der Waals surface area contributed by atoms with Crippen molar-refractivity contribution in [2.45, 2.75) is 25.4 Å². The summed E-state index contributed by atoms with van der Waals surface area (Å²) in [5.74, 6) is 0.940. The maximum Gasteiger partial charge on any atom is 0.222 e.